The van der Waals surface area contributed by atoms with E-state index in [9.17, 15) is 5.11 Å². The van der Waals surface area contributed by atoms with Gasteiger partial charge in [-0.15, -0.1) is 6.58 Å². The van der Waals surface area contributed by atoms with Crippen LogP contribution in [0.5, 0.6) is 0 Å². The van der Waals surface area contributed by atoms with Crippen molar-refractivity contribution in [3.63, 3.8) is 0 Å². The third-order valence-corrected chi connectivity index (χ3v) is 5.62. The summed E-state index contributed by atoms with van der Waals surface area (Å²) in [6.07, 6.45) is 5.15. The number of rotatable bonds is 4. The fraction of sp³-hybridized carbons (Fsp3) is 0.875. The highest BCUT2D eigenvalue weighted by Crippen LogP contribution is 2.65. The van der Waals surface area contributed by atoms with E-state index in [-0.39, 0.29) is 5.41 Å². The molecule has 0 amide bonds. The van der Waals surface area contributed by atoms with Crippen molar-refractivity contribution in [1.82, 2.24) is 0 Å². The summed E-state index contributed by atoms with van der Waals surface area (Å²) in [7, 11) is 0. The molecule has 0 aromatic carbocycles. The number of allylic oxidation sites excluding steroid dienone is 1. The molecule has 0 spiro atoms. The first-order valence-electron chi connectivity index (χ1n) is 7.06. The molecular weight excluding hydrogens is 208 g/mol. The summed E-state index contributed by atoms with van der Waals surface area (Å²) >= 11 is 0. The average Bonchev–Trinajstić information content (AvgIpc) is 2.73. The Balaban J connectivity index is 2.28. The van der Waals surface area contributed by atoms with Crippen LogP contribution >= 0.6 is 0 Å². The predicted molar refractivity (Wildman–Crippen MR) is 72.7 cm³/mol. The molecule has 2 aliphatic carbocycles. The van der Waals surface area contributed by atoms with E-state index in [4.69, 9.17) is 0 Å². The van der Waals surface area contributed by atoms with Crippen molar-refractivity contribution in [2.24, 2.45) is 28.6 Å². The van der Waals surface area contributed by atoms with Gasteiger partial charge < -0.3 is 5.11 Å². The van der Waals surface area contributed by atoms with Crippen molar-refractivity contribution in [2.75, 3.05) is 6.61 Å². The second-order valence-corrected chi connectivity index (χ2v) is 7.52. The molecule has 4 atom stereocenters. The highest BCUT2D eigenvalue weighted by molar-refractivity contribution is 5.10. The van der Waals surface area contributed by atoms with Gasteiger partial charge in [-0.05, 0) is 61.2 Å². The van der Waals surface area contributed by atoms with E-state index in [0.717, 1.165) is 18.3 Å². The summed E-state index contributed by atoms with van der Waals surface area (Å²) < 4.78 is 0. The van der Waals surface area contributed by atoms with Crippen LogP contribution in [0.3, 0.4) is 0 Å². The lowest BCUT2D eigenvalue weighted by Crippen LogP contribution is -2.44. The minimum absolute atomic E-state index is 0.0369. The van der Waals surface area contributed by atoms with Gasteiger partial charge in [0, 0.05) is 6.61 Å². The molecule has 17 heavy (non-hydrogen) atoms. The van der Waals surface area contributed by atoms with Gasteiger partial charge in [-0.25, -0.2) is 0 Å². The number of aliphatic hydroxyl groups excluding tert-OH is 1. The molecule has 0 aromatic rings. The van der Waals surface area contributed by atoms with Gasteiger partial charge in [0.15, 0.2) is 0 Å². The molecule has 1 heteroatoms. The van der Waals surface area contributed by atoms with Gasteiger partial charge in [0.1, 0.15) is 0 Å². The summed E-state index contributed by atoms with van der Waals surface area (Å²) in [4.78, 5) is 0. The van der Waals surface area contributed by atoms with E-state index in [1.165, 1.54) is 24.8 Å². The standard InChI is InChI=1S/C16H28O/c1-11(2)9-16(5,10-17)14-12-6-7-13(8-12)15(14,3)4/h12-14,17H,1,6-10H2,2-5H3/t12-,13+,14?,16?/m0/s1. The molecule has 2 saturated carbocycles. The summed E-state index contributed by atoms with van der Waals surface area (Å²) in [5.41, 5.74) is 1.64. The van der Waals surface area contributed by atoms with Crippen LogP contribution in [0.15, 0.2) is 12.2 Å². The second-order valence-electron chi connectivity index (χ2n) is 7.52. The summed E-state index contributed by atoms with van der Waals surface area (Å²) in [6, 6.07) is 0. The first-order chi connectivity index (χ1) is 7.81. The maximum atomic E-state index is 9.91. The van der Waals surface area contributed by atoms with Crippen LogP contribution in [0.2, 0.25) is 0 Å². The lowest BCUT2D eigenvalue weighted by Gasteiger charge is -2.48. The van der Waals surface area contributed by atoms with Gasteiger partial charge in [0.05, 0.1) is 0 Å². The number of hydrogen-bond acceptors (Lipinski definition) is 1. The largest absolute Gasteiger partial charge is 0.396 e. The van der Waals surface area contributed by atoms with Crippen LogP contribution in [0, 0.1) is 28.6 Å². The van der Waals surface area contributed by atoms with Crippen molar-refractivity contribution in [2.45, 2.75) is 53.4 Å². The minimum Gasteiger partial charge on any atom is -0.396 e. The van der Waals surface area contributed by atoms with Gasteiger partial charge in [-0.3, -0.25) is 0 Å². The SMILES string of the molecule is C=C(C)CC(C)(CO)C1[C@H]2CC[C@H](C2)C1(C)C. The highest BCUT2D eigenvalue weighted by atomic mass is 16.3. The Kier molecular flexibility index (Phi) is 3.18. The van der Waals surface area contributed by atoms with Crippen LogP contribution in [0.1, 0.15) is 53.4 Å². The maximum Gasteiger partial charge on any atom is 0.0490 e. The fourth-order valence-corrected chi connectivity index (χ4v) is 5.28. The van der Waals surface area contributed by atoms with Gasteiger partial charge in [0.2, 0.25) is 0 Å². The van der Waals surface area contributed by atoms with Gasteiger partial charge in [-0.1, -0.05) is 26.3 Å². The Morgan fingerprint density at radius 1 is 1.41 bits per heavy atom. The normalized spacial score (nSPS) is 38.1. The van der Waals surface area contributed by atoms with Crippen molar-refractivity contribution in [1.29, 1.82) is 0 Å². The maximum absolute atomic E-state index is 9.91. The van der Waals surface area contributed by atoms with E-state index in [2.05, 4.69) is 34.3 Å². The lowest BCUT2D eigenvalue weighted by atomic mass is 9.57. The third-order valence-electron chi connectivity index (χ3n) is 5.62. The Bertz CT molecular complexity index is 317. The Labute approximate surface area is 106 Å². The molecule has 2 aliphatic rings. The molecular formula is C16H28O. The molecule has 1 nitrogen and oxygen atoms in total. The van der Waals surface area contributed by atoms with E-state index < -0.39 is 0 Å². The molecule has 0 radical (unpaired) electrons. The van der Waals surface area contributed by atoms with Crippen molar-refractivity contribution in [3.8, 4) is 0 Å². The van der Waals surface area contributed by atoms with E-state index in [1.54, 1.807) is 0 Å². The van der Waals surface area contributed by atoms with E-state index in [0.29, 0.717) is 17.9 Å². The quantitative estimate of drug-likeness (QED) is 0.731. The molecule has 2 rings (SSSR count). The molecule has 2 unspecified atom stereocenters. The van der Waals surface area contributed by atoms with E-state index >= 15 is 0 Å². The average molecular weight is 236 g/mol. The zero-order valence-corrected chi connectivity index (χ0v) is 11.9. The summed E-state index contributed by atoms with van der Waals surface area (Å²) in [6.45, 7) is 13.6. The Hall–Kier alpha value is -0.300. The smallest absolute Gasteiger partial charge is 0.0490 e. The molecule has 0 aliphatic heterocycles. The molecule has 1 N–H and O–H groups in total. The van der Waals surface area contributed by atoms with Gasteiger partial charge >= 0.3 is 0 Å². The zero-order valence-electron chi connectivity index (χ0n) is 11.9. The first kappa shape index (κ1) is 13.1. The van der Waals surface area contributed by atoms with Crippen molar-refractivity contribution in [3.05, 3.63) is 12.2 Å². The Morgan fingerprint density at radius 3 is 2.47 bits per heavy atom. The molecule has 2 fully saturated rings. The first-order valence-corrected chi connectivity index (χ1v) is 7.06. The van der Waals surface area contributed by atoms with Crippen LogP contribution in [0.4, 0.5) is 0 Å². The second kappa shape index (κ2) is 4.12. The molecule has 0 aromatic heterocycles. The fourth-order valence-electron chi connectivity index (χ4n) is 5.28. The predicted octanol–water partition coefficient (Wildman–Crippen LogP) is 4.02. The van der Waals surface area contributed by atoms with Gasteiger partial charge in [0.25, 0.3) is 0 Å². The van der Waals surface area contributed by atoms with Crippen LogP contribution in [-0.2, 0) is 0 Å². The van der Waals surface area contributed by atoms with E-state index in [1.807, 2.05) is 0 Å². The molecule has 0 saturated heterocycles. The van der Waals surface area contributed by atoms with Gasteiger partial charge in [-0.2, -0.15) is 0 Å². The topological polar surface area (TPSA) is 20.2 Å². The highest BCUT2D eigenvalue weighted by Gasteiger charge is 2.58. The van der Waals surface area contributed by atoms with Crippen LogP contribution in [-0.4, -0.2) is 11.7 Å². The van der Waals surface area contributed by atoms with Crippen molar-refractivity contribution < 1.29 is 5.11 Å². The molecule has 98 valence electrons. The monoisotopic (exact) mass is 236 g/mol. The minimum atomic E-state index is 0.0369. The lowest BCUT2D eigenvalue weighted by molar-refractivity contribution is -0.0265. The number of hydrogen-bond donors (Lipinski definition) is 1. The number of aliphatic hydroxyl groups is 1. The Morgan fingerprint density at radius 2 is 2.06 bits per heavy atom. The molecule has 2 bridgehead atoms. The van der Waals surface area contributed by atoms with Crippen molar-refractivity contribution >= 4 is 0 Å². The van der Waals surface area contributed by atoms with Crippen LogP contribution < -0.4 is 0 Å². The summed E-state index contributed by atoms with van der Waals surface area (Å²) in [5, 5.41) is 9.91. The zero-order chi connectivity index (χ0) is 12.8. The molecule has 0 heterocycles. The third kappa shape index (κ3) is 1.97. The van der Waals surface area contributed by atoms with Crippen LogP contribution in [0.25, 0.3) is 0 Å². The summed E-state index contributed by atoms with van der Waals surface area (Å²) in [5.74, 6) is 2.38. The number of fused-ring (bicyclic) bond motifs is 2.